The van der Waals surface area contributed by atoms with Gasteiger partial charge in [0.05, 0.1) is 11.7 Å². The first kappa shape index (κ1) is 17.0. The maximum Gasteiger partial charge on any atom is 0.225 e. The van der Waals surface area contributed by atoms with E-state index in [-0.39, 0.29) is 36.0 Å². The molecule has 0 spiro atoms. The minimum atomic E-state index is -3.07. The number of fused-ring (bicyclic) bond motifs is 2. The number of sulfonamides is 1. The molecule has 4 unspecified atom stereocenters. The molecule has 4 atom stereocenters. The van der Waals surface area contributed by atoms with Gasteiger partial charge in [-0.2, -0.15) is 0 Å². The van der Waals surface area contributed by atoms with Crippen LogP contribution < -0.4 is 11.1 Å². The Morgan fingerprint density at radius 3 is 2.57 bits per heavy atom. The fourth-order valence-corrected chi connectivity index (χ4v) is 5.62. The van der Waals surface area contributed by atoms with Crippen molar-refractivity contribution in [2.45, 2.75) is 31.7 Å². The van der Waals surface area contributed by atoms with Gasteiger partial charge in [0.25, 0.3) is 0 Å². The van der Waals surface area contributed by atoms with Gasteiger partial charge in [0.1, 0.15) is 0 Å². The summed E-state index contributed by atoms with van der Waals surface area (Å²) in [7, 11) is -3.07. The molecule has 8 heteroatoms. The summed E-state index contributed by atoms with van der Waals surface area (Å²) >= 11 is 0. The Kier molecular flexibility index (Phi) is 5.18. The van der Waals surface area contributed by atoms with Crippen LogP contribution in [0.15, 0.2) is 0 Å². The largest absolute Gasteiger partial charge is 0.354 e. The van der Waals surface area contributed by atoms with Gasteiger partial charge >= 0.3 is 0 Å². The molecule has 1 saturated heterocycles. The third-order valence-electron chi connectivity index (χ3n) is 5.15. The molecule has 0 aromatic heterocycles. The van der Waals surface area contributed by atoms with E-state index in [1.54, 1.807) is 0 Å². The minimum absolute atomic E-state index is 0. The van der Waals surface area contributed by atoms with E-state index in [4.69, 9.17) is 5.73 Å². The van der Waals surface area contributed by atoms with Gasteiger partial charge in [0, 0.05) is 25.7 Å². The van der Waals surface area contributed by atoms with Crippen molar-refractivity contribution in [1.29, 1.82) is 0 Å². The Bertz CT molecular complexity index is 497. The molecule has 2 bridgehead atoms. The number of nitrogens with one attached hydrogen (secondary N) is 1. The smallest absolute Gasteiger partial charge is 0.225 e. The molecule has 2 saturated carbocycles. The Labute approximate surface area is 132 Å². The van der Waals surface area contributed by atoms with Gasteiger partial charge in [-0.3, -0.25) is 4.79 Å². The number of nitrogens with two attached hydrogens (primary N) is 1. The van der Waals surface area contributed by atoms with Crippen LogP contribution in [0.5, 0.6) is 0 Å². The number of amides is 1. The van der Waals surface area contributed by atoms with Crippen molar-refractivity contribution in [3.63, 3.8) is 0 Å². The minimum Gasteiger partial charge on any atom is -0.354 e. The molecule has 3 aliphatic rings. The van der Waals surface area contributed by atoms with E-state index in [2.05, 4.69) is 5.32 Å². The fourth-order valence-electron chi connectivity index (χ4n) is 4.09. The number of hydrogen-bond acceptors (Lipinski definition) is 4. The van der Waals surface area contributed by atoms with Gasteiger partial charge < -0.3 is 11.1 Å². The van der Waals surface area contributed by atoms with Crippen LogP contribution in [0.4, 0.5) is 0 Å². The van der Waals surface area contributed by atoms with Crippen LogP contribution in [-0.4, -0.2) is 50.1 Å². The SMILES string of the molecule is Cl.NC1C2CCC(C2)C1C(=O)NCCN1CCCS1(=O)=O. The maximum absolute atomic E-state index is 12.2. The van der Waals surface area contributed by atoms with E-state index >= 15 is 0 Å². The lowest BCUT2D eigenvalue weighted by molar-refractivity contribution is -0.127. The molecule has 2 aliphatic carbocycles. The molecule has 1 heterocycles. The number of carbonyl (C=O) groups excluding carboxylic acids is 1. The molecule has 1 amide bonds. The molecule has 1 aliphatic heterocycles. The zero-order chi connectivity index (χ0) is 14.3. The average Bonchev–Trinajstić information content (AvgIpc) is 3.04. The lowest BCUT2D eigenvalue weighted by atomic mass is 9.84. The predicted octanol–water partition coefficient (Wildman–Crippen LogP) is -0.0667. The Balaban J connectivity index is 0.00000161. The van der Waals surface area contributed by atoms with Crippen molar-refractivity contribution in [3.8, 4) is 0 Å². The topological polar surface area (TPSA) is 92.5 Å². The highest BCUT2D eigenvalue weighted by Gasteiger charge is 2.48. The van der Waals surface area contributed by atoms with Gasteiger partial charge in [-0.15, -0.1) is 12.4 Å². The van der Waals surface area contributed by atoms with Gasteiger partial charge in [-0.25, -0.2) is 12.7 Å². The molecule has 6 nitrogen and oxygen atoms in total. The average molecular weight is 338 g/mol. The van der Waals surface area contributed by atoms with Crippen LogP contribution in [0.2, 0.25) is 0 Å². The highest BCUT2D eigenvalue weighted by molar-refractivity contribution is 7.89. The van der Waals surface area contributed by atoms with Crippen LogP contribution >= 0.6 is 12.4 Å². The van der Waals surface area contributed by atoms with Crippen LogP contribution in [0.1, 0.15) is 25.7 Å². The molecular weight excluding hydrogens is 314 g/mol. The first-order valence-electron chi connectivity index (χ1n) is 7.50. The Morgan fingerprint density at radius 1 is 1.29 bits per heavy atom. The zero-order valence-corrected chi connectivity index (χ0v) is 13.7. The second-order valence-electron chi connectivity index (χ2n) is 6.30. The fraction of sp³-hybridized carbons (Fsp3) is 0.923. The van der Waals surface area contributed by atoms with Crippen molar-refractivity contribution in [1.82, 2.24) is 9.62 Å². The number of nitrogens with zero attached hydrogens (tertiary/aromatic N) is 1. The van der Waals surface area contributed by atoms with E-state index in [9.17, 15) is 13.2 Å². The molecule has 3 fully saturated rings. The highest BCUT2D eigenvalue weighted by atomic mass is 35.5. The second-order valence-corrected chi connectivity index (χ2v) is 8.38. The summed E-state index contributed by atoms with van der Waals surface area (Å²) in [4.78, 5) is 12.2. The van der Waals surface area contributed by atoms with Gasteiger partial charge in [-0.1, -0.05) is 0 Å². The first-order valence-corrected chi connectivity index (χ1v) is 9.11. The molecule has 0 radical (unpaired) electrons. The molecule has 0 aromatic carbocycles. The van der Waals surface area contributed by atoms with Gasteiger partial charge in [0.2, 0.25) is 15.9 Å². The summed E-state index contributed by atoms with van der Waals surface area (Å²) in [5.41, 5.74) is 6.13. The van der Waals surface area contributed by atoms with Crippen LogP contribution in [0, 0.1) is 17.8 Å². The lowest BCUT2D eigenvalue weighted by Crippen LogP contribution is -2.46. The number of carbonyl (C=O) groups is 1. The third kappa shape index (κ3) is 3.21. The number of rotatable bonds is 4. The van der Waals surface area contributed by atoms with Gasteiger partial charge in [-0.05, 0) is 37.5 Å². The van der Waals surface area contributed by atoms with Crippen molar-refractivity contribution in [3.05, 3.63) is 0 Å². The quantitative estimate of drug-likeness (QED) is 0.751. The molecule has 0 aromatic rings. The van der Waals surface area contributed by atoms with Crippen LogP contribution in [0.3, 0.4) is 0 Å². The van der Waals surface area contributed by atoms with E-state index in [0.717, 1.165) is 19.3 Å². The van der Waals surface area contributed by atoms with Crippen molar-refractivity contribution >= 4 is 28.3 Å². The standard InChI is InChI=1S/C13H23N3O3S.ClH/c14-12-10-3-2-9(8-10)11(12)13(17)15-4-6-16-5-1-7-20(16,18)19;/h9-12H,1-8,14H2,(H,15,17);1H. The second kappa shape index (κ2) is 6.40. The third-order valence-corrected chi connectivity index (χ3v) is 7.10. The van der Waals surface area contributed by atoms with E-state index in [0.29, 0.717) is 37.9 Å². The molecular formula is C13H24ClN3O3S. The molecule has 122 valence electrons. The summed E-state index contributed by atoms with van der Waals surface area (Å²) in [6, 6.07) is -0.00994. The number of hydrogen-bond donors (Lipinski definition) is 2. The Hall–Kier alpha value is -0.370. The Morgan fingerprint density at radius 2 is 2.00 bits per heavy atom. The number of halogens is 1. The van der Waals surface area contributed by atoms with Crippen molar-refractivity contribution in [2.24, 2.45) is 23.5 Å². The van der Waals surface area contributed by atoms with Crippen molar-refractivity contribution in [2.75, 3.05) is 25.4 Å². The lowest BCUT2D eigenvalue weighted by Gasteiger charge is -2.27. The van der Waals surface area contributed by atoms with Gasteiger partial charge in [0.15, 0.2) is 0 Å². The monoisotopic (exact) mass is 337 g/mol. The van der Waals surface area contributed by atoms with E-state index < -0.39 is 10.0 Å². The molecule has 3 rings (SSSR count). The maximum atomic E-state index is 12.2. The summed E-state index contributed by atoms with van der Waals surface area (Å²) in [5, 5.41) is 2.88. The highest BCUT2D eigenvalue weighted by Crippen LogP contribution is 2.47. The predicted molar refractivity (Wildman–Crippen MR) is 82.5 cm³/mol. The molecule has 3 N–H and O–H groups in total. The van der Waals surface area contributed by atoms with Crippen molar-refractivity contribution < 1.29 is 13.2 Å². The summed E-state index contributed by atoms with van der Waals surface area (Å²) < 4.78 is 24.8. The summed E-state index contributed by atoms with van der Waals surface area (Å²) in [6.07, 6.45) is 4.03. The first-order chi connectivity index (χ1) is 9.49. The normalized spacial score (nSPS) is 37.4. The molecule has 21 heavy (non-hydrogen) atoms. The van der Waals surface area contributed by atoms with Crippen LogP contribution in [-0.2, 0) is 14.8 Å². The summed E-state index contributed by atoms with van der Waals surface area (Å²) in [6.45, 7) is 1.34. The van der Waals surface area contributed by atoms with E-state index in [1.165, 1.54) is 4.31 Å². The summed E-state index contributed by atoms with van der Waals surface area (Å²) in [5.74, 6) is 1.13. The van der Waals surface area contributed by atoms with E-state index in [1.807, 2.05) is 0 Å². The van der Waals surface area contributed by atoms with Crippen LogP contribution in [0.25, 0.3) is 0 Å². The zero-order valence-electron chi connectivity index (χ0n) is 12.0.